The fourth-order valence-electron chi connectivity index (χ4n) is 3.33. The van der Waals surface area contributed by atoms with Gasteiger partial charge in [-0.25, -0.2) is 0 Å². The molecule has 0 fully saturated rings. The highest BCUT2D eigenvalue weighted by atomic mass is 16.3. The molecule has 0 saturated carbocycles. The van der Waals surface area contributed by atoms with Crippen LogP contribution in [0.1, 0.15) is 41.9 Å². The van der Waals surface area contributed by atoms with Crippen LogP contribution in [0.15, 0.2) is 35.1 Å². The van der Waals surface area contributed by atoms with Crippen molar-refractivity contribution in [3.63, 3.8) is 0 Å². The Morgan fingerprint density at radius 2 is 1.92 bits per heavy atom. The van der Waals surface area contributed by atoms with Crippen molar-refractivity contribution >= 4 is 11.6 Å². The second-order valence-corrected chi connectivity index (χ2v) is 7.17. The van der Waals surface area contributed by atoms with Crippen LogP contribution in [0.2, 0.25) is 0 Å². The first-order valence-corrected chi connectivity index (χ1v) is 8.10. The van der Waals surface area contributed by atoms with E-state index in [1.165, 1.54) is 4.57 Å². The number of carbonyl (C=O) groups excluding carboxylic acids is 1. The maximum Gasteiger partial charge on any atom is 0.267 e. The van der Waals surface area contributed by atoms with Crippen LogP contribution in [-0.4, -0.2) is 15.6 Å². The molecular formula is C19H22N2O3. The summed E-state index contributed by atoms with van der Waals surface area (Å²) in [6.45, 7) is 4.26. The van der Waals surface area contributed by atoms with E-state index in [2.05, 4.69) is 19.2 Å². The van der Waals surface area contributed by atoms with Gasteiger partial charge < -0.3 is 15.0 Å². The van der Waals surface area contributed by atoms with Crippen LogP contribution in [0.5, 0.6) is 5.75 Å². The average Bonchev–Trinajstić information content (AvgIpc) is 2.53. The smallest absolute Gasteiger partial charge is 0.267 e. The Labute approximate surface area is 140 Å². The minimum Gasteiger partial charge on any atom is -0.507 e. The number of hydrogen-bond acceptors (Lipinski definition) is 3. The lowest BCUT2D eigenvalue weighted by Gasteiger charge is -2.33. The minimum absolute atomic E-state index is 0.0368. The van der Waals surface area contributed by atoms with E-state index >= 15 is 0 Å². The third kappa shape index (κ3) is 2.82. The largest absolute Gasteiger partial charge is 0.507 e. The molecule has 0 bridgehead atoms. The Balaban J connectivity index is 2.07. The number of hydrogen-bond donors (Lipinski definition) is 2. The lowest BCUT2D eigenvalue weighted by atomic mass is 9.75. The van der Waals surface area contributed by atoms with Gasteiger partial charge in [-0.3, -0.25) is 9.59 Å². The van der Waals surface area contributed by atoms with Gasteiger partial charge in [0.25, 0.3) is 11.5 Å². The molecule has 1 amide bonds. The number of amides is 1. The van der Waals surface area contributed by atoms with Crippen LogP contribution in [0, 0.1) is 5.41 Å². The molecule has 1 aliphatic carbocycles. The first kappa shape index (κ1) is 16.3. The van der Waals surface area contributed by atoms with Gasteiger partial charge in [-0.15, -0.1) is 0 Å². The van der Waals surface area contributed by atoms with Crippen molar-refractivity contribution < 1.29 is 9.90 Å². The van der Waals surface area contributed by atoms with Gasteiger partial charge in [0.15, 0.2) is 0 Å². The molecule has 126 valence electrons. The van der Waals surface area contributed by atoms with E-state index in [1.54, 1.807) is 31.3 Å². The van der Waals surface area contributed by atoms with Crippen molar-refractivity contribution in [2.45, 2.75) is 33.1 Å². The topological polar surface area (TPSA) is 71.3 Å². The summed E-state index contributed by atoms with van der Waals surface area (Å²) >= 11 is 0. The van der Waals surface area contributed by atoms with Crippen LogP contribution in [0.25, 0.3) is 0 Å². The fraction of sp³-hybridized carbons (Fsp3) is 0.368. The number of fused-ring (bicyclic) bond motifs is 1. The Morgan fingerprint density at radius 1 is 1.25 bits per heavy atom. The average molecular weight is 326 g/mol. The summed E-state index contributed by atoms with van der Waals surface area (Å²) in [5, 5.41) is 13.3. The van der Waals surface area contributed by atoms with Gasteiger partial charge in [-0.1, -0.05) is 32.0 Å². The normalized spacial score (nSPS) is 15.6. The van der Waals surface area contributed by atoms with Crippen molar-refractivity contribution in [2.24, 2.45) is 12.5 Å². The van der Waals surface area contributed by atoms with Crippen LogP contribution >= 0.6 is 0 Å². The van der Waals surface area contributed by atoms with E-state index in [0.717, 1.165) is 18.5 Å². The number of nitrogens with one attached hydrogen (secondary N) is 1. The molecule has 0 unspecified atom stereocenters. The molecule has 5 heteroatoms. The fourth-order valence-corrected chi connectivity index (χ4v) is 3.33. The van der Waals surface area contributed by atoms with Crippen molar-refractivity contribution in [1.82, 2.24) is 4.57 Å². The highest BCUT2D eigenvalue weighted by molar-refractivity contribution is 6.06. The van der Waals surface area contributed by atoms with Crippen molar-refractivity contribution in [3.8, 4) is 5.75 Å². The third-order valence-electron chi connectivity index (χ3n) is 4.75. The minimum atomic E-state index is -0.578. The summed E-state index contributed by atoms with van der Waals surface area (Å²) in [4.78, 5) is 25.2. The molecule has 2 N–H and O–H groups in total. The first-order chi connectivity index (χ1) is 11.3. The number of nitrogens with zero attached hydrogens (tertiary/aromatic N) is 1. The van der Waals surface area contributed by atoms with E-state index in [1.807, 2.05) is 6.07 Å². The molecule has 1 aliphatic rings. The van der Waals surface area contributed by atoms with Gasteiger partial charge in [-0.2, -0.15) is 0 Å². The maximum atomic E-state index is 12.6. The molecule has 1 aromatic carbocycles. The lowest BCUT2D eigenvalue weighted by molar-refractivity contribution is 0.102. The van der Waals surface area contributed by atoms with Crippen LogP contribution in [0.4, 0.5) is 5.69 Å². The number of rotatable bonds is 2. The van der Waals surface area contributed by atoms with Crippen LogP contribution < -0.4 is 10.9 Å². The van der Waals surface area contributed by atoms with Gasteiger partial charge in [-0.05, 0) is 36.8 Å². The predicted molar refractivity (Wildman–Crippen MR) is 93.5 cm³/mol. The zero-order valence-corrected chi connectivity index (χ0v) is 14.2. The molecule has 0 spiro atoms. The molecule has 24 heavy (non-hydrogen) atoms. The third-order valence-corrected chi connectivity index (χ3v) is 4.75. The van der Waals surface area contributed by atoms with E-state index in [4.69, 9.17) is 0 Å². The highest BCUT2D eigenvalue weighted by Gasteiger charge is 2.32. The summed E-state index contributed by atoms with van der Waals surface area (Å²) in [6, 6.07) is 8.90. The number of carbonyl (C=O) groups is 1. The molecule has 0 atom stereocenters. The first-order valence-electron chi connectivity index (χ1n) is 8.10. The van der Waals surface area contributed by atoms with Gasteiger partial charge in [0, 0.05) is 24.0 Å². The Kier molecular flexibility index (Phi) is 3.95. The summed E-state index contributed by atoms with van der Waals surface area (Å²) in [6.07, 6.45) is 2.32. The van der Waals surface area contributed by atoms with Crippen molar-refractivity contribution in [3.05, 3.63) is 57.5 Å². The Hall–Kier alpha value is -2.56. The van der Waals surface area contributed by atoms with E-state index in [9.17, 15) is 14.7 Å². The monoisotopic (exact) mass is 326 g/mol. The molecule has 2 aromatic rings. The SMILES string of the molecule is Cn1c2c(c(O)c(C(=O)Nc3ccccc3)c1=O)CC(C)(C)CC2. The second-order valence-electron chi connectivity index (χ2n) is 7.17. The number of pyridine rings is 1. The lowest BCUT2D eigenvalue weighted by Crippen LogP contribution is -2.34. The quantitative estimate of drug-likeness (QED) is 0.891. The Bertz CT molecular complexity index is 851. The highest BCUT2D eigenvalue weighted by Crippen LogP contribution is 2.38. The standard InChI is InChI=1S/C19H22N2O3/c1-19(2)10-9-14-13(11-19)16(22)15(18(24)21(14)3)17(23)20-12-7-5-4-6-8-12/h4-8,22H,9-11H2,1-3H3,(H,20,23). The molecule has 0 aliphatic heterocycles. The molecule has 1 aromatic heterocycles. The molecule has 0 radical (unpaired) electrons. The summed E-state index contributed by atoms with van der Waals surface area (Å²) in [7, 11) is 1.66. The number of benzene rings is 1. The molecule has 5 nitrogen and oxygen atoms in total. The number of anilines is 1. The molecule has 0 saturated heterocycles. The van der Waals surface area contributed by atoms with Crippen molar-refractivity contribution in [2.75, 3.05) is 5.32 Å². The number of para-hydroxylation sites is 1. The molecule has 1 heterocycles. The molecule has 3 rings (SSSR count). The van der Waals surface area contributed by atoms with E-state index in [0.29, 0.717) is 17.7 Å². The van der Waals surface area contributed by atoms with E-state index < -0.39 is 11.5 Å². The van der Waals surface area contributed by atoms with Gasteiger partial charge in [0.2, 0.25) is 0 Å². The number of aromatic nitrogens is 1. The van der Waals surface area contributed by atoms with Crippen molar-refractivity contribution in [1.29, 1.82) is 0 Å². The van der Waals surface area contributed by atoms with Gasteiger partial charge in [0.1, 0.15) is 11.3 Å². The maximum absolute atomic E-state index is 12.6. The number of aromatic hydroxyl groups is 1. The van der Waals surface area contributed by atoms with E-state index in [-0.39, 0.29) is 16.7 Å². The summed E-state index contributed by atoms with van der Waals surface area (Å²) in [5.74, 6) is -0.750. The van der Waals surface area contributed by atoms with Gasteiger partial charge in [0.05, 0.1) is 0 Å². The Morgan fingerprint density at radius 3 is 2.58 bits per heavy atom. The summed E-state index contributed by atoms with van der Waals surface area (Å²) < 4.78 is 1.50. The zero-order valence-electron chi connectivity index (χ0n) is 14.2. The van der Waals surface area contributed by atoms with Crippen LogP contribution in [0.3, 0.4) is 0 Å². The predicted octanol–water partition coefficient (Wildman–Crippen LogP) is 2.86. The zero-order chi connectivity index (χ0) is 17.5. The van der Waals surface area contributed by atoms with Crippen LogP contribution in [-0.2, 0) is 19.9 Å². The molecular weight excluding hydrogens is 304 g/mol. The summed E-state index contributed by atoms with van der Waals surface area (Å²) in [5.41, 5.74) is 1.52. The van der Waals surface area contributed by atoms with Gasteiger partial charge >= 0.3 is 0 Å². The second kappa shape index (κ2) is 5.82.